The van der Waals surface area contributed by atoms with Crippen LogP contribution in [0.1, 0.15) is 46.8 Å². The predicted octanol–water partition coefficient (Wildman–Crippen LogP) is 3.74. The molecule has 2 amide bonds. The molecule has 33 heavy (non-hydrogen) atoms. The van der Waals surface area contributed by atoms with Gasteiger partial charge in [-0.1, -0.05) is 24.6 Å². The number of likely N-dealkylation sites (N-methyl/N-ethyl adjacent to an activating group) is 1. The third kappa shape index (κ3) is 5.81. The molecular formula is C25H33N3O4S. The summed E-state index contributed by atoms with van der Waals surface area (Å²) in [5.74, 6) is -0.306. The van der Waals surface area contributed by atoms with Crippen LogP contribution in [0, 0.1) is 26.7 Å². The summed E-state index contributed by atoms with van der Waals surface area (Å²) in [6.07, 6.45) is 1.88. The zero-order valence-electron chi connectivity index (χ0n) is 20.0. The minimum absolute atomic E-state index is 0.114. The fraction of sp³-hybridized carbons (Fsp3) is 0.440. The number of hydrogen-bond acceptors (Lipinski definition) is 4. The van der Waals surface area contributed by atoms with Crippen LogP contribution in [0.3, 0.4) is 0 Å². The Morgan fingerprint density at radius 1 is 1.09 bits per heavy atom. The Morgan fingerprint density at radius 2 is 1.70 bits per heavy atom. The van der Waals surface area contributed by atoms with Crippen LogP contribution in [-0.2, 0) is 14.8 Å². The van der Waals surface area contributed by atoms with E-state index in [2.05, 4.69) is 12.2 Å². The first-order valence-corrected chi connectivity index (χ1v) is 12.7. The van der Waals surface area contributed by atoms with Gasteiger partial charge in [-0.15, -0.1) is 0 Å². The summed E-state index contributed by atoms with van der Waals surface area (Å²) >= 11 is 0. The van der Waals surface area contributed by atoms with Crippen molar-refractivity contribution in [2.75, 3.05) is 32.0 Å². The van der Waals surface area contributed by atoms with Crippen LogP contribution in [0.5, 0.6) is 0 Å². The van der Waals surface area contributed by atoms with Crippen molar-refractivity contribution in [2.24, 2.45) is 5.92 Å². The zero-order chi connectivity index (χ0) is 24.3. The fourth-order valence-electron chi connectivity index (χ4n) is 4.35. The van der Waals surface area contributed by atoms with Gasteiger partial charge in [0.05, 0.1) is 11.4 Å². The molecule has 3 rings (SSSR count). The first-order valence-electron chi connectivity index (χ1n) is 11.2. The molecule has 2 aromatic carbocycles. The second kappa shape index (κ2) is 10.1. The largest absolute Gasteiger partial charge is 0.332 e. The van der Waals surface area contributed by atoms with Crippen molar-refractivity contribution < 1.29 is 18.0 Å². The van der Waals surface area contributed by atoms with Gasteiger partial charge in [-0.3, -0.25) is 9.59 Å². The summed E-state index contributed by atoms with van der Waals surface area (Å²) < 4.78 is 27.4. The van der Waals surface area contributed by atoms with E-state index >= 15 is 0 Å². The van der Waals surface area contributed by atoms with Crippen LogP contribution in [0.2, 0.25) is 0 Å². The van der Waals surface area contributed by atoms with E-state index in [-0.39, 0.29) is 23.3 Å². The van der Waals surface area contributed by atoms with E-state index in [0.717, 1.165) is 35.2 Å². The highest BCUT2D eigenvalue weighted by Crippen LogP contribution is 2.24. The van der Waals surface area contributed by atoms with Gasteiger partial charge >= 0.3 is 0 Å². The van der Waals surface area contributed by atoms with E-state index in [0.29, 0.717) is 24.6 Å². The van der Waals surface area contributed by atoms with Crippen molar-refractivity contribution >= 4 is 27.5 Å². The maximum atomic E-state index is 12.9. The molecule has 0 radical (unpaired) electrons. The summed E-state index contributed by atoms with van der Waals surface area (Å²) in [5, 5.41) is 2.89. The number of piperidine rings is 1. The highest BCUT2D eigenvalue weighted by atomic mass is 32.2. The quantitative estimate of drug-likeness (QED) is 0.695. The van der Waals surface area contributed by atoms with E-state index in [9.17, 15) is 18.0 Å². The monoisotopic (exact) mass is 471 g/mol. The molecule has 0 aliphatic carbocycles. The van der Waals surface area contributed by atoms with Gasteiger partial charge in [0, 0.05) is 31.4 Å². The molecule has 1 saturated heterocycles. The van der Waals surface area contributed by atoms with E-state index in [1.807, 2.05) is 32.9 Å². The van der Waals surface area contributed by atoms with E-state index < -0.39 is 10.0 Å². The Bertz CT molecular complexity index is 1120. The first-order chi connectivity index (χ1) is 15.5. The van der Waals surface area contributed by atoms with Crippen LogP contribution in [0.4, 0.5) is 5.69 Å². The number of hydrogen-bond donors (Lipinski definition) is 1. The molecule has 2 aromatic rings. The number of amides is 2. The molecule has 0 spiro atoms. The molecule has 1 aliphatic rings. The van der Waals surface area contributed by atoms with Crippen molar-refractivity contribution in [2.45, 2.75) is 45.4 Å². The average Bonchev–Trinajstić information content (AvgIpc) is 2.75. The Hall–Kier alpha value is -2.71. The number of sulfonamides is 1. The highest BCUT2D eigenvalue weighted by molar-refractivity contribution is 7.89. The number of benzene rings is 2. The molecule has 1 heterocycles. The van der Waals surface area contributed by atoms with Crippen molar-refractivity contribution in [1.29, 1.82) is 0 Å². The lowest BCUT2D eigenvalue weighted by atomic mass is 10.0. The number of nitrogens with zero attached hydrogens (tertiary/aromatic N) is 2. The van der Waals surface area contributed by atoms with Crippen LogP contribution in [-0.4, -0.2) is 56.1 Å². The van der Waals surface area contributed by atoms with Gasteiger partial charge in [0.15, 0.2) is 0 Å². The van der Waals surface area contributed by atoms with E-state index in [1.165, 1.54) is 33.5 Å². The standard InChI is InChI=1S/C25H33N3O4S/c1-17-7-6-12-28(15-17)33(31,32)22-10-8-21(9-11-22)25(30)27(5)16-23(29)26-24-19(3)13-18(2)14-20(24)4/h8-11,13-14,17H,6-7,12,15-16H2,1-5H3,(H,26,29). The van der Waals surface area contributed by atoms with Gasteiger partial charge in [0.2, 0.25) is 15.9 Å². The third-order valence-electron chi connectivity index (χ3n) is 6.03. The van der Waals surface area contributed by atoms with E-state index in [1.54, 1.807) is 7.05 Å². The van der Waals surface area contributed by atoms with Gasteiger partial charge in [-0.05, 0) is 74.9 Å². The fourth-order valence-corrected chi connectivity index (χ4v) is 5.95. The van der Waals surface area contributed by atoms with Gasteiger partial charge in [-0.25, -0.2) is 8.42 Å². The summed E-state index contributed by atoms with van der Waals surface area (Å²) in [6.45, 7) is 8.84. The third-order valence-corrected chi connectivity index (χ3v) is 7.91. The summed E-state index contributed by atoms with van der Waals surface area (Å²) in [6, 6.07) is 9.94. The zero-order valence-corrected chi connectivity index (χ0v) is 20.8. The number of rotatable bonds is 6. The van der Waals surface area contributed by atoms with Crippen LogP contribution >= 0.6 is 0 Å². The normalized spacial score (nSPS) is 16.9. The number of anilines is 1. The van der Waals surface area contributed by atoms with Crippen LogP contribution in [0.15, 0.2) is 41.3 Å². The Kier molecular flexibility index (Phi) is 7.59. The summed E-state index contributed by atoms with van der Waals surface area (Å²) in [4.78, 5) is 26.9. The second-order valence-electron chi connectivity index (χ2n) is 9.12. The molecule has 1 fully saturated rings. The van der Waals surface area contributed by atoms with Crippen LogP contribution in [0.25, 0.3) is 0 Å². The maximum Gasteiger partial charge on any atom is 0.254 e. The van der Waals surface area contributed by atoms with Gasteiger partial charge in [-0.2, -0.15) is 4.31 Å². The van der Waals surface area contributed by atoms with Gasteiger partial charge in [0.1, 0.15) is 0 Å². The minimum Gasteiger partial charge on any atom is -0.332 e. The lowest BCUT2D eigenvalue weighted by Gasteiger charge is -2.30. The molecule has 1 unspecified atom stereocenters. The average molecular weight is 472 g/mol. The number of nitrogens with one attached hydrogen (secondary N) is 1. The molecule has 7 nitrogen and oxygen atoms in total. The first kappa shape index (κ1) is 24.9. The Balaban J connectivity index is 1.65. The van der Waals surface area contributed by atoms with Crippen molar-refractivity contribution in [1.82, 2.24) is 9.21 Å². The lowest BCUT2D eigenvalue weighted by molar-refractivity contribution is -0.116. The van der Waals surface area contributed by atoms with Crippen molar-refractivity contribution in [3.05, 3.63) is 58.7 Å². The molecule has 178 valence electrons. The smallest absolute Gasteiger partial charge is 0.254 e. The minimum atomic E-state index is -3.58. The number of aryl methyl sites for hydroxylation is 3. The predicted molar refractivity (Wildman–Crippen MR) is 130 cm³/mol. The van der Waals surface area contributed by atoms with Crippen molar-refractivity contribution in [3.8, 4) is 0 Å². The number of carbonyl (C=O) groups excluding carboxylic acids is 2. The molecule has 0 aromatic heterocycles. The van der Waals surface area contributed by atoms with Crippen molar-refractivity contribution in [3.63, 3.8) is 0 Å². The van der Waals surface area contributed by atoms with Gasteiger partial charge in [0.25, 0.3) is 5.91 Å². The molecule has 1 atom stereocenters. The molecule has 8 heteroatoms. The summed E-state index contributed by atoms with van der Waals surface area (Å²) in [7, 11) is -2.03. The highest BCUT2D eigenvalue weighted by Gasteiger charge is 2.29. The molecular weight excluding hydrogens is 438 g/mol. The molecule has 0 saturated carbocycles. The molecule has 1 N–H and O–H groups in total. The molecule has 0 bridgehead atoms. The number of carbonyl (C=O) groups is 2. The van der Waals surface area contributed by atoms with Crippen LogP contribution < -0.4 is 5.32 Å². The summed E-state index contributed by atoms with van der Waals surface area (Å²) in [5.41, 5.74) is 4.15. The van der Waals surface area contributed by atoms with Gasteiger partial charge < -0.3 is 10.2 Å². The topological polar surface area (TPSA) is 86.8 Å². The molecule has 1 aliphatic heterocycles. The second-order valence-corrected chi connectivity index (χ2v) is 11.1. The Labute approximate surface area is 196 Å². The Morgan fingerprint density at radius 3 is 2.27 bits per heavy atom. The van der Waals surface area contributed by atoms with E-state index in [4.69, 9.17) is 0 Å². The lowest BCUT2D eigenvalue weighted by Crippen LogP contribution is -2.39. The SMILES string of the molecule is Cc1cc(C)c(NC(=O)CN(C)C(=O)c2ccc(S(=O)(=O)N3CCCC(C)C3)cc2)c(C)c1. The maximum absolute atomic E-state index is 12.9.